The minimum Gasteiger partial charge on any atom is -0.348 e. The standard InChI is InChI=1S/C13H20N2O/c1-9-6-5-7-12(8-9)10(2)15-13(16)11(3)14-4/h5-8,10-11,14H,1-4H3,(H,15,16)/t10-,11?/m0/s1. The SMILES string of the molecule is CNC(C)C(=O)N[C@@H](C)c1cccc(C)c1. The van der Waals surface area contributed by atoms with Gasteiger partial charge in [0.1, 0.15) is 0 Å². The third-order valence-corrected chi connectivity index (χ3v) is 2.73. The molecule has 0 heterocycles. The lowest BCUT2D eigenvalue weighted by atomic mass is 10.1. The van der Waals surface area contributed by atoms with Crippen LogP contribution in [0.5, 0.6) is 0 Å². The molecule has 1 amide bonds. The predicted molar refractivity (Wildman–Crippen MR) is 66.3 cm³/mol. The first-order valence-electron chi connectivity index (χ1n) is 5.58. The molecule has 1 rings (SSSR count). The van der Waals surface area contributed by atoms with E-state index in [9.17, 15) is 4.79 Å². The molecule has 1 unspecified atom stereocenters. The second-order valence-electron chi connectivity index (χ2n) is 4.15. The molecule has 0 aromatic heterocycles. The van der Waals surface area contributed by atoms with Crippen LogP contribution in [0.2, 0.25) is 0 Å². The van der Waals surface area contributed by atoms with Gasteiger partial charge in [0.2, 0.25) is 5.91 Å². The van der Waals surface area contributed by atoms with E-state index in [2.05, 4.69) is 16.7 Å². The summed E-state index contributed by atoms with van der Waals surface area (Å²) in [5.74, 6) is 0.0245. The zero-order chi connectivity index (χ0) is 12.1. The largest absolute Gasteiger partial charge is 0.348 e. The summed E-state index contributed by atoms with van der Waals surface area (Å²) in [4.78, 5) is 11.7. The number of likely N-dealkylation sites (N-methyl/N-ethyl adjacent to an activating group) is 1. The zero-order valence-corrected chi connectivity index (χ0v) is 10.4. The molecule has 0 aliphatic heterocycles. The average Bonchev–Trinajstić information content (AvgIpc) is 2.27. The minimum atomic E-state index is -0.160. The van der Waals surface area contributed by atoms with Crippen LogP contribution in [0.1, 0.15) is 31.0 Å². The van der Waals surface area contributed by atoms with Gasteiger partial charge in [0.05, 0.1) is 12.1 Å². The molecule has 0 fully saturated rings. The molecule has 0 aliphatic carbocycles. The zero-order valence-electron chi connectivity index (χ0n) is 10.4. The molecule has 0 saturated heterocycles. The van der Waals surface area contributed by atoms with Crippen molar-refractivity contribution < 1.29 is 4.79 Å². The summed E-state index contributed by atoms with van der Waals surface area (Å²) in [7, 11) is 1.78. The first-order chi connectivity index (χ1) is 7.54. The van der Waals surface area contributed by atoms with Crippen molar-refractivity contribution in [2.24, 2.45) is 0 Å². The van der Waals surface area contributed by atoms with Gasteiger partial charge in [-0.2, -0.15) is 0 Å². The van der Waals surface area contributed by atoms with Crippen LogP contribution in [0, 0.1) is 6.92 Å². The third-order valence-electron chi connectivity index (χ3n) is 2.73. The van der Waals surface area contributed by atoms with Crippen LogP contribution in [-0.2, 0) is 4.79 Å². The molecule has 3 heteroatoms. The van der Waals surface area contributed by atoms with E-state index in [4.69, 9.17) is 0 Å². The molecule has 0 radical (unpaired) electrons. The third kappa shape index (κ3) is 3.35. The lowest BCUT2D eigenvalue weighted by molar-refractivity contribution is -0.123. The number of aryl methyl sites for hydroxylation is 1. The van der Waals surface area contributed by atoms with Crippen molar-refractivity contribution in [3.05, 3.63) is 35.4 Å². The highest BCUT2D eigenvalue weighted by Crippen LogP contribution is 2.13. The molecule has 3 nitrogen and oxygen atoms in total. The van der Waals surface area contributed by atoms with Gasteiger partial charge in [-0.05, 0) is 33.4 Å². The second-order valence-corrected chi connectivity index (χ2v) is 4.15. The Labute approximate surface area is 97.2 Å². The minimum absolute atomic E-state index is 0.0245. The fourth-order valence-corrected chi connectivity index (χ4v) is 1.49. The first kappa shape index (κ1) is 12.7. The molecule has 1 aromatic rings. The highest BCUT2D eigenvalue weighted by atomic mass is 16.2. The van der Waals surface area contributed by atoms with Gasteiger partial charge in [0.15, 0.2) is 0 Å². The van der Waals surface area contributed by atoms with Gasteiger partial charge in [-0.1, -0.05) is 29.8 Å². The Balaban J connectivity index is 2.65. The monoisotopic (exact) mass is 220 g/mol. The molecule has 2 atom stereocenters. The van der Waals surface area contributed by atoms with Crippen LogP contribution < -0.4 is 10.6 Å². The average molecular weight is 220 g/mol. The van der Waals surface area contributed by atoms with Crippen molar-refractivity contribution in [3.8, 4) is 0 Å². The Morgan fingerprint density at radius 2 is 2.00 bits per heavy atom. The van der Waals surface area contributed by atoms with Crippen molar-refractivity contribution in [2.45, 2.75) is 32.9 Å². The van der Waals surface area contributed by atoms with Crippen LogP contribution in [0.4, 0.5) is 0 Å². The van der Waals surface area contributed by atoms with Crippen molar-refractivity contribution in [1.82, 2.24) is 10.6 Å². The molecule has 0 aliphatic rings. The van der Waals surface area contributed by atoms with E-state index in [1.807, 2.05) is 39.0 Å². The number of hydrogen-bond acceptors (Lipinski definition) is 2. The molecular weight excluding hydrogens is 200 g/mol. The summed E-state index contributed by atoms with van der Waals surface area (Å²) in [5, 5.41) is 5.89. The van der Waals surface area contributed by atoms with Crippen molar-refractivity contribution in [1.29, 1.82) is 0 Å². The second kappa shape index (κ2) is 5.66. The van der Waals surface area contributed by atoms with E-state index in [0.717, 1.165) is 5.56 Å². The molecular formula is C13H20N2O. The van der Waals surface area contributed by atoms with Crippen LogP contribution in [0.3, 0.4) is 0 Å². The number of carbonyl (C=O) groups is 1. The van der Waals surface area contributed by atoms with Gasteiger partial charge in [-0.25, -0.2) is 0 Å². The van der Waals surface area contributed by atoms with Gasteiger partial charge >= 0.3 is 0 Å². The highest BCUT2D eigenvalue weighted by molar-refractivity contribution is 5.81. The van der Waals surface area contributed by atoms with Gasteiger partial charge in [-0.3, -0.25) is 4.79 Å². The van der Waals surface area contributed by atoms with Gasteiger partial charge in [0, 0.05) is 0 Å². The molecule has 88 valence electrons. The number of rotatable bonds is 4. The summed E-state index contributed by atoms with van der Waals surface area (Å²) in [6.07, 6.45) is 0. The van der Waals surface area contributed by atoms with Crippen molar-refractivity contribution >= 4 is 5.91 Å². The number of nitrogens with one attached hydrogen (secondary N) is 2. The topological polar surface area (TPSA) is 41.1 Å². The van der Waals surface area contributed by atoms with E-state index in [0.29, 0.717) is 0 Å². The number of carbonyl (C=O) groups excluding carboxylic acids is 1. The molecule has 0 bridgehead atoms. The fraction of sp³-hybridized carbons (Fsp3) is 0.462. The molecule has 0 spiro atoms. The van der Waals surface area contributed by atoms with E-state index >= 15 is 0 Å². The van der Waals surface area contributed by atoms with Gasteiger partial charge in [-0.15, -0.1) is 0 Å². The van der Waals surface area contributed by atoms with Crippen LogP contribution in [0.25, 0.3) is 0 Å². The molecule has 1 aromatic carbocycles. The maximum absolute atomic E-state index is 11.7. The summed E-state index contributed by atoms with van der Waals surface area (Å²) in [6, 6.07) is 8.07. The highest BCUT2D eigenvalue weighted by Gasteiger charge is 2.13. The van der Waals surface area contributed by atoms with E-state index in [1.54, 1.807) is 7.05 Å². The van der Waals surface area contributed by atoms with Crippen LogP contribution in [0.15, 0.2) is 24.3 Å². The maximum Gasteiger partial charge on any atom is 0.237 e. The summed E-state index contributed by atoms with van der Waals surface area (Å²) >= 11 is 0. The van der Waals surface area contributed by atoms with Gasteiger partial charge < -0.3 is 10.6 Å². The summed E-state index contributed by atoms with van der Waals surface area (Å²) in [5.41, 5.74) is 2.34. The molecule has 16 heavy (non-hydrogen) atoms. The predicted octanol–water partition coefficient (Wildman–Crippen LogP) is 1.78. The Bertz CT molecular complexity index is 363. The molecule has 0 saturated carbocycles. The van der Waals surface area contributed by atoms with Gasteiger partial charge in [0.25, 0.3) is 0 Å². The normalized spacial score (nSPS) is 14.2. The Morgan fingerprint density at radius 3 is 2.56 bits per heavy atom. The lowest BCUT2D eigenvalue weighted by Crippen LogP contribution is -2.41. The Hall–Kier alpha value is -1.35. The molecule has 2 N–H and O–H groups in total. The van der Waals surface area contributed by atoms with E-state index in [1.165, 1.54) is 5.56 Å². The number of hydrogen-bond donors (Lipinski definition) is 2. The van der Waals surface area contributed by atoms with Crippen molar-refractivity contribution in [2.75, 3.05) is 7.05 Å². The number of benzene rings is 1. The van der Waals surface area contributed by atoms with E-state index in [-0.39, 0.29) is 18.0 Å². The Morgan fingerprint density at radius 1 is 1.31 bits per heavy atom. The lowest BCUT2D eigenvalue weighted by Gasteiger charge is -2.17. The quantitative estimate of drug-likeness (QED) is 0.812. The fourth-order valence-electron chi connectivity index (χ4n) is 1.49. The summed E-state index contributed by atoms with van der Waals surface area (Å²) in [6.45, 7) is 5.89. The smallest absolute Gasteiger partial charge is 0.237 e. The maximum atomic E-state index is 11.7. The van der Waals surface area contributed by atoms with Crippen LogP contribution in [-0.4, -0.2) is 19.0 Å². The Kier molecular flexibility index (Phi) is 4.50. The van der Waals surface area contributed by atoms with Crippen molar-refractivity contribution in [3.63, 3.8) is 0 Å². The summed E-state index contributed by atoms with van der Waals surface area (Å²) < 4.78 is 0. The van der Waals surface area contributed by atoms with E-state index < -0.39 is 0 Å². The number of amides is 1. The van der Waals surface area contributed by atoms with Crippen LogP contribution >= 0.6 is 0 Å². The first-order valence-corrected chi connectivity index (χ1v) is 5.58.